The van der Waals surface area contributed by atoms with Gasteiger partial charge in [0, 0.05) is 37.0 Å². The van der Waals surface area contributed by atoms with Crippen LogP contribution in [0.5, 0.6) is 5.75 Å². The second-order valence-electron chi connectivity index (χ2n) is 7.53. The van der Waals surface area contributed by atoms with E-state index in [1.807, 2.05) is 0 Å². The van der Waals surface area contributed by atoms with Crippen LogP contribution in [0.15, 0.2) is 46.2 Å². The maximum absolute atomic E-state index is 13.0. The first kappa shape index (κ1) is 24.6. The van der Waals surface area contributed by atoms with Crippen LogP contribution in [0.25, 0.3) is 0 Å². The average Bonchev–Trinajstić information content (AvgIpc) is 2.78. The molecule has 0 aliphatic carbocycles. The summed E-state index contributed by atoms with van der Waals surface area (Å²) in [5.74, 6) is -0.705. The maximum Gasteiger partial charge on any atom is 0.271 e. The number of piperidine rings is 1. The fraction of sp³-hybridized carbons (Fsp3) is 0.350. The number of carbonyl (C=O) groups excluding carboxylic acids is 1. The minimum absolute atomic E-state index is 0.0213. The number of non-ortho nitro benzene ring substituents is 1. The molecule has 1 saturated heterocycles. The molecule has 11 nitrogen and oxygen atoms in total. The number of amides is 1. The van der Waals surface area contributed by atoms with E-state index < -0.39 is 41.3 Å². The zero-order chi connectivity index (χ0) is 24.4. The molecule has 2 aromatic rings. The molecule has 1 amide bonds. The van der Waals surface area contributed by atoms with E-state index in [4.69, 9.17) is 4.74 Å². The first-order valence-corrected chi connectivity index (χ1v) is 13.3. The highest BCUT2D eigenvalue weighted by atomic mass is 32.2. The van der Waals surface area contributed by atoms with Crippen molar-refractivity contribution >= 4 is 37.1 Å². The van der Waals surface area contributed by atoms with E-state index in [1.165, 1.54) is 29.6 Å². The molecule has 0 unspecified atom stereocenters. The smallest absolute Gasteiger partial charge is 0.271 e. The summed E-state index contributed by atoms with van der Waals surface area (Å²) in [6.45, 7) is 0.802. The van der Waals surface area contributed by atoms with E-state index in [2.05, 4.69) is 5.32 Å². The second kappa shape index (κ2) is 9.45. The fourth-order valence-electron chi connectivity index (χ4n) is 3.43. The van der Waals surface area contributed by atoms with Crippen LogP contribution in [-0.2, 0) is 19.9 Å². The summed E-state index contributed by atoms with van der Waals surface area (Å²) in [6.07, 6.45) is 3.34. The molecular formula is C20H23N3O8S2. The lowest BCUT2D eigenvalue weighted by Gasteiger charge is -2.26. The van der Waals surface area contributed by atoms with Crippen molar-refractivity contribution in [1.82, 2.24) is 4.31 Å². The molecule has 1 fully saturated rings. The third-order valence-electron chi connectivity index (χ3n) is 5.16. The first-order valence-electron chi connectivity index (χ1n) is 9.92. The second-order valence-corrected chi connectivity index (χ2v) is 11.5. The summed E-state index contributed by atoms with van der Waals surface area (Å²) >= 11 is 0. The van der Waals surface area contributed by atoms with E-state index in [-0.39, 0.29) is 21.9 Å². The predicted molar refractivity (Wildman–Crippen MR) is 120 cm³/mol. The number of nitrogens with one attached hydrogen (secondary N) is 1. The molecule has 1 aliphatic rings. The molecule has 0 saturated carbocycles. The van der Waals surface area contributed by atoms with Crippen molar-refractivity contribution in [3.63, 3.8) is 0 Å². The van der Waals surface area contributed by atoms with Crippen LogP contribution in [-0.4, -0.2) is 58.4 Å². The number of ether oxygens (including phenoxy) is 1. The number of sulfonamides is 1. The Labute approximate surface area is 191 Å². The van der Waals surface area contributed by atoms with Crippen LogP contribution >= 0.6 is 0 Å². The minimum Gasteiger partial charge on any atom is -0.495 e. The zero-order valence-electron chi connectivity index (χ0n) is 18.0. The molecule has 0 aromatic heterocycles. The van der Waals surface area contributed by atoms with E-state index in [0.29, 0.717) is 13.1 Å². The van der Waals surface area contributed by atoms with Gasteiger partial charge in [0.25, 0.3) is 11.6 Å². The van der Waals surface area contributed by atoms with E-state index in [1.54, 1.807) is 0 Å². The van der Waals surface area contributed by atoms with Crippen molar-refractivity contribution in [3.8, 4) is 5.75 Å². The SMILES string of the molecule is COc1ccc(S(=O)(=O)N2CCCCC2)cc1NC(=O)c1cc([N+](=O)[O-])cc(S(C)(=O)=O)c1. The number of hydrogen-bond donors (Lipinski definition) is 1. The van der Waals surface area contributed by atoms with Gasteiger partial charge in [-0.1, -0.05) is 6.42 Å². The van der Waals surface area contributed by atoms with Crippen LogP contribution in [0.1, 0.15) is 29.6 Å². The lowest BCUT2D eigenvalue weighted by molar-refractivity contribution is -0.385. The highest BCUT2D eigenvalue weighted by molar-refractivity contribution is 7.90. The quantitative estimate of drug-likeness (QED) is 0.452. The molecule has 13 heteroatoms. The van der Waals surface area contributed by atoms with Crippen LogP contribution in [0.3, 0.4) is 0 Å². The van der Waals surface area contributed by atoms with Gasteiger partial charge in [0.05, 0.1) is 27.5 Å². The number of hydrogen-bond acceptors (Lipinski definition) is 8. The number of rotatable bonds is 7. The van der Waals surface area contributed by atoms with Crippen molar-refractivity contribution in [2.24, 2.45) is 0 Å². The molecule has 3 rings (SSSR count). The van der Waals surface area contributed by atoms with Gasteiger partial charge < -0.3 is 10.1 Å². The number of carbonyl (C=O) groups is 1. The monoisotopic (exact) mass is 497 g/mol. The summed E-state index contributed by atoms with van der Waals surface area (Å²) in [6, 6.07) is 6.81. The molecule has 0 spiro atoms. The standard InChI is InChI=1S/C20H23N3O8S2/c1-31-19-7-6-16(33(29,30)22-8-4-3-5-9-22)13-18(19)21-20(24)14-10-15(23(25)26)12-17(11-14)32(2,27)28/h6-7,10-13H,3-5,8-9H2,1-2H3,(H,21,24). The van der Waals surface area contributed by atoms with E-state index in [9.17, 15) is 31.7 Å². The van der Waals surface area contributed by atoms with Gasteiger partial charge in [-0.05, 0) is 37.1 Å². The van der Waals surface area contributed by atoms with Crippen LogP contribution in [0.4, 0.5) is 11.4 Å². The summed E-state index contributed by atoms with van der Waals surface area (Å²) < 4.78 is 56.4. The number of anilines is 1. The van der Waals surface area contributed by atoms with Crippen LogP contribution in [0.2, 0.25) is 0 Å². The largest absolute Gasteiger partial charge is 0.495 e. The van der Waals surface area contributed by atoms with Gasteiger partial charge in [-0.15, -0.1) is 0 Å². The van der Waals surface area contributed by atoms with Gasteiger partial charge in [-0.25, -0.2) is 16.8 Å². The van der Waals surface area contributed by atoms with Gasteiger partial charge in [0.1, 0.15) is 5.75 Å². The van der Waals surface area contributed by atoms with Gasteiger partial charge in [0.15, 0.2) is 9.84 Å². The lowest BCUT2D eigenvalue weighted by atomic mass is 10.2. The highest BCUT2D eigenvalue weighted by Crippen LogP contribution is 2.31. The fourth-order valence-corrected chi connectivity index (χ4v) is 5.65. The molecule has 1 N–H and O–H groups in total. The Morgan fingerprint density at radius 3 is 2.27 bits per heavy atom. The summed E-state index contributed by atoms with van der Waals surface area (Å²) in [5.41, 5.74) is -0.833. The Hall–Kier alpha value is -3.03. The molecule has 33 heavy (non-hydrogen) atoms. The topological polar surface area (TPSA) is 153 Å². The average molecular weight is 498 g/mol. The normalized spacial score (nSPS) is 15.1. The Bertz CT molecular complexity index is 1300. The van der Waals surface area contributed by atoms with Crippen molar-refractivity contribution < 1.29 is 31.3 Å². The lowest BCUT2D eigenvalue weighted by Crippen LogP contribution is -2.35. The van der Waals surface area contributed by atoms with Crippen LogP contribution in [0, 0.1) is 10.1 Å². The summed E-state index contributed by atoms with van der Waals surface area (Å²) in [7, 11) is -6.30. The van der Waals surface area contributed by atoms with Crippen molar-refractivity contribution in [3.05, 3.63) is 52.1 Å². The number of nitrogens with zero attached hydrogens (tertiary/aromatic N) is 2. The van der Waals surface area contributed by atoms with E-state index >= 15 is 0 Å². The van der Waals surface area contributed by atoms with Gasteiger partial charge >= 0.3 is 0 Å². The Balaban J connectivity index is 1.99. The zero-order valence-corrected chi connectivity index (χ0v) is 19.6. The number of benzene rings is 2. The molecule has 1 aliphatic heterocycles. The first-order chi connectivity index (χ1) is 15.4. The maximum atomic E-state index is 13.0. The molecular weight excluding hydrogens is 474 g/mol. The van der Waals surface area contributed by atoms with Crippen LogP contribution < -0.4 is 10.1 Å². The van der Waals surface area contributed by atoms with E-state index in [0.717, 1.165) is 43.7 Å². The summed E-state index contributed by atoms with van der Waals surface area (Å²) in [4.78, 5) is 22.8. The van der Waals surface area contributed by atoms with Gasteiger partial charge in [-0.2, -0.15) is 4.31 Å². The Morgan fingerprint density at radius 2 is 1.70 bits per heavy atom. The highest BCUT2D eigenvalue weighted by Gasteiger charge is 2.27. The van der Waals surface area contributed by atoms with Crippen molar-refractivity contribution in [2.75, 3.05) is 31.8 Å². The number of nitro groups is 1. The molecule has 2 aromatic carbocycles. The third kappa shape index (κ3) is 5.49. The Kier molecular flexibility index (Phi) is 7.05. The van der Waals surface area contributed by atoms with Crippen molar-refractivity contribution in [2.45, 2.75) is 29.1 Å². The molecule has 1 heterocycles. The molecule has 178 valence electrons. The summed E-state index contributed by atoms with van der Waals surface area (Å²) in [5, 5.41) is 13.7. The molecule has 0 bridgehead atoms. The molecule has 0 atom stereocenters. The minimum atomic E-state index is -3.83. The number of nitro benzene ring substituents is 1. The van der Waals surface area contributed by atoms with Gasteiger partial charge in [0.2, 0.25) is 10.0 Å². The number of sulfone groups is 1. The van der Waals surface area contributed by atoms with Crippen molar-refractivity contribution in [1.29, 1.82) is 0 Å². The third-order valence-corrected chi connectivity index (χ3v) is 8.15. The molecule has 0 radical (unpaired) electrons. The van der Waals surface area contributed by atoms with Gasteiger partial charge in [-0.3, -0.25) is 14.9 Å². The number of methoxy groups -OCH3 is 1. The Morgan fingerprint density at radius 1 is 1.03 bits per heavy atom. The predicted octanol–water partition coefficient (Wildman–Crippen LogP) is 2.43.